The molecular weight excluding hydrogens is 426 g/mol. The van der Waals surface area contributed by atoms with Crippen molar-refractivity contribution in [2.45, 2.75) is 20.3 Å². The first-order valence-corrected chi connectivity index (χ1v) is 12.3. The monoisotopic (exact) mass is 463 g/mol. The van der Waals surface area contributed by atoms with Crippen LogP contribution >= 0.6 is 12.2 Å². The number of rotatable bonds is 6. The van der Waals surface area contributed by atoms with E-state index in [4.69, 9.17) is 31.7 Å². The molecule has 0 aromatic carbocycles. The Hall–Kier alpha value is -1.75. The molecule has 0 unspecified atom stereocenters. The number of piperidine rings is 1. The largest absolute Gasteiger partial charge is 0.379 e. The van der Waals surface area contributed by atoms with Gasteiger partial charge in [0.05, 0.1) is 26.4 Å². The van der Waals surface area contributed by atoms with Crippen molar-refractivity contribution >= 4 is 34.9 Å². The molecule has 0 spiro atoms. The molecule has 3 fully saturated rings. The van der Waals surface area contributed by atoms with Crippen LogP contribution in [-0.4, -0.2) is 98.8 Å². The molecule has 4 heterocycles. The molecule has 4 rings (SSSR count). The normalized spacial score (nSPS) is 24.9. The molecule has 3 aliphatic heterocycles. The summed E-state index contributed by atoms with van der Waals surface area (Å²) in [5.74, 6) is 3.76. The Kier molecular flexibility index (Phi) is 8.34. The maximum atomic E-state index is 5.55. The zero-order chi connectivity index (χ0) is 22.3. The highest BCUT2D eigenvalue weighted by molar-refractivity contribution is 7.80. The molecule has 32 heavy (non-hydrogen) atoms. The van der Waals surface area contributed by atoms with Crippen LogP contribution in [-0.2, 0) is 9.47 Å². The van der Waals surface area contributed by atoms with E-state index in [1.54, 1.807) is 0 Å². The fourth-order valence-electron chi connectivity index (χ4n) is 4.74. The minimum absolute atomic E-state index is 0.554. The summed E-state index contributed by atoms with van der Waals surface area (Å²) in [4.78, 5) is 16.7. The second-order valence-electron chi connectivity index (χ2n) is 9.19. The lowest BCUT2D eigenvalue weighted by Gasteiger charge is -2.36. The molecular formula is C22H37N7O2S. The van der Waals surface area contributed by atoms with E-state index in [9.17, 15) is 0 Å². The minimum Gasteiger partial charge on any atom is -0.379 e. The molecule has 0 saturated carbocycles. The van der Waals surface area contributed by atoms with E-state index in [0.717, 1.165) is 90.4 Å². The Balaban J connectivity index is 1.42. The number of anilines is 3. The fourth-order valence-corrected chi connectivity index (χ4v) is 4.94. The number of hydrogen-bond donors (Lipinski definition) is 2. The second kappa shape index (κ2) is 11.4. The van der Waals surface area contributed by atoms with Gasteiger partial charge < -0.3 is 29.9 Å². The quantitative estimate of drug-likeness (QED) is 0.605. The van der Waals surface area contributed by atoms with Crippen LogP contribution in [0.25, 0.3) is 0 Å². The molecule has 10 heteroatoms. The number of morpholine rings is 2. The first kappa shape index (κ1) is 23.4. The van der Waals surface area contributed by atoms with Crippen LogP contribution in [0.1, 0.15) is 20.3 Å². The summed E-state index contributed by atoms with van der Waals surface area (Å²) < 4.78 is 10.9. The van der Waals surface area contributed by atoms with E-state index in [2.05, 4.69) is 45.2 Å². The van der Waals surface area contributed by atoms with Gasteiger partial charge in [-0.15, -0.1) is 0 Å². The number of thiocarbonyl (C=S) groups is 1. The first-order valence-electron chi connectivity index (χ1n) is 11.9. The number of nitrogens with one attached hydrogen (secondary N) is 2. The summed E-state index contributed by atoms with van der Waals surface area (Å²) >= 11 is 5.55. The summed E-state index contributed by atoms with van der Waals surface area (Å²) in [5, 5.41) is 7.09. The van der Waals surface area contributed by atoms with Crippen molar-refractivity contribution < 1.29 is 9.47 Å². The third-order valence-electron chi connectivity index (χ3n) is 6.27. The summed E-state index contributed by atoms with van der Waals surface area (Å²) in [6.45, 7) is 15.1. The maximum Gasteiger partial charge on any atom is 0.232 e. The van der Waals surface area contributed by atoms with Gasteiger partial charge in [0.15, 0.2) is 5.11 Å². The van der Waals surface area contributed by atoms with Gasteiger partial charge in [-0.1, -0.05) is 13.8 Å². The molecule has 0 bridgehead atoms. The van der Waals surface area contributed by atoms with Gasteiger partial charge in [-0.2, -0.15) is 9.97 Å². The van der Waals surface area contributed by atoms with Crippen LogP contribution < -0.4 is 20.4 Å². The van der Waals surface area contributed by atoms with Crippen molar-refractivity contribution in [2.24, 2.45) is 11.8 Å². The lowest BCUT2D eigenvalue weighted by Crippen LogP contribution is -2.42. The van der Waals surface area contributed by atoms with Crippen LogP contribution in [0.5, 0.6) is 0 Å². The summed E-state index contributed by atoms with van der Waals surface area (Å²) in [5.41, 5.74) is 0. The third-order valence-corrected chi connectivity index (χ3v) is 6.52. The number of aromatic nitrogens is 2. The van der Waals surface area contributed by atoms with Crippen LogP contribution in [0.3, 0.4) is 0 Å². The topological polar surface area (TPSA) is 78.0 Å². The Morgan fingerprint density at radius 3 is 2.22 bits per heavy atom. The number of hydrogen-bond acceptors (Lipinski definition) is 8. The smallest absolute Gasteiger partial charge is 0.232 e. The molecule has 3 saturated heterocycles. The van der Waals surface area contributed by atoms with E-state index in [-0.39, 0.29) is 0 Å². The average Bonchev–Trinajstić information content (AvgIpc) is 2.79. The average molecular weight is 464 g/mol. The Labute approximate surface area is 196 Å². The molecule has 1 aromatic heterocycles. The summed E-state index contributed by atoms with van der Waals surface area (Å²) in [6.07, 6.45) is 1.26. The minimum atomic E-state index is 0.554. The van der Waals surface area contributed by atoms with Gasteiger partial charge in [0, 0.05) is 58.4 Å². The summed E-state index contributed by atoms with van der Waals surface area (Å²) in [6, 6.07) is 2.12. The molecule has 178 valence electrons. The Bertz CT molecular complexity index is 746. The SMILES string of the molecule is C[C@@H]1C[C@@H](C)CN(c2cc(N3CCOCC3)nc(NC(=S)NCCN3CCOCC3)n2)C1. The van der Waals surface area contributed by atoms with Gasteiger partial charge in [0.2, 0.25) is 5.95 Å². The standard InChI is InChI=1S/C22H37N7O2S/c1-17-13-18(2)16-29(15-17)20-14-19(28-7-11-31-12-8-28)24-21(25-20)26-22(32)23-3-4-27-5-9-30-10-6-27/h14,17-18H,3-13,15-16H2,1-2H3,(H2,23,24,25,26,32)/t17-,18-/m1/s1. The third kappa shape index (κ3) is 6.63. The Morgan fingerprint density at radius 2 is 1.56 bits per heavy atom. The van der Waals surface area contributed by atoms with Crippen LogP contribution in [0.15, 0.2) is 6.07 Å². The lowest BCUT2D eigenvalue weighted by molar-refractivity contribution is 0.0389. The van der Waals surface area contributed by atoms with Crippen LogP contribution in [0.4, 0.5) is 17.6 Å². The van der Waals surface area contributed by atoms with Gasteiger partial charge in [-0.05, 0) is 30.5 Å². The van der Waals surface area contributed by atoms with Gasteiger partial charge in [-0.3, -0.25) is 4.90 Å². The highest BCUT2D eigenvalue weighted by Crippen LogP contribution is 2.28. The van der Waals surface area contributed by atoms with Crippen molar-refractivity contribution in [3.63, 3.8) is 0 Å². The maximum absolute atomic E-state index is 5.55. The molecule has 0 amide bonds. The lowest BCUT2D eigenvalue weighted by atomic mass is 9.92. The van der Waals surface area contributed by atoms with Gasteiger partial charge in [0.1, 0.15) is 11.6 Å². The van der Waals surface area contributed by atoms with Crippen molar-refractivity contribution in [3.05, 3.63) is 6.07 Å². The predicted octanol–water partition coefficient (Wildman–Crippen LogP) is 1.41. The van der Waals surface area contributed by atoms with Crippen molar-refractivity contribution in [2.75, 3.05) is 93.9 Å². The predicted molar refractivity (Wildman–Crippen MR) is 132 cm³/mol. The molecule has 0 aliphatic carbocycles. The van der Waals surface area contributed by atoms with Crippen LogP contribution in [0, 0.1) is 11.8 Å². The molecule has 3 aliphatic rings. The number of ether oxygens (including phenoxy) is 2. The zero-order valence-electron chi connectivity index (χ0n) is 19.4. The second-order valence-corrected chi connectivity index (χ2v) is 9.60. The van der Waals surface area contributed by atoms with E-state index < -0.39 is 0 Å². The van der Waals surface area contributed by atoms with Gasteiger partial charge in [-0.25, -0.2) is 0 Å². The van der Waals surface area contributed by atoms with E-state index >= 15 is 0 Å². The van der Waals surface area contributed by atoms with Crippen molar-refractivity contribution in [3.8, 4) is 0 Å². The summed E-state index contributed by atoms with van der Waals surface area (Å²) in [7, 11) is 0. The van der Waals surface area contributed by atoms with E-state index in [1.165, 1.54) is 6.42 Å². The molecule has 2 N–H and O–H groups in total. The molecule has 1 aromatic rings. The number of nitrogens with zero attached hydrogens (tertiary/aromatic N) is 5. The van der Waals surface area contributed by atoms with Gasteiger partial charge in [0.25, 0.3) is 0 Å². The molecule has 2 atom stereocenters. The van der Waals surface area contributed by atoms with Crippen LogP contribution in [0.2, 0.25) is 0 Å². The highest BCUT2D eigenvalue weighted by atomic mass is 32.1. The zero-order valence-corrected chi connectivity index (χ0v) is 20.2. The van der Waals surface area contributed by atoms with Crippen molar-refractivity contribution in [1.82, 2.24) is 20.2 Å². The van der Waals surface area contributed by atoms with E-state index in [0.29, 0.717) is 22.9 Å². The van der Waals surface area contributed by atoms with Gasteiger partial charge >= 0.3 is 0 Å². The fraction of sp³-hybridized carbons (Fsp3) is 0.773. The van der Waals surface area contributed by atoms with E-state index in [1.807, 2.05) is 0 Å². The molecule has 9 nitrogen and oxygen atoms in total. The molecule has 0 radical (unpaired) electrons. The first-order chi connectivity index (χ1) is 15.6. The van der Waals surface area contributed by atoms with Crippen molar-refractivity contribution in [1.29, 1.82) is 0 Å². The highest BCUT2D eigenvalue weighted by Gasteiger charge is 2.25. The Morgan fingerprint density at radius 1 is 0.969 bits per heavy atom.